The van der Waals surface area contributed by atoms with E-state index in [-0.39, 0.29) is 18.1 Å². The Morgan fingerprint density at radius 3 is 2.94 bits per heavy atom. The van der Waals surface area contributed by atoms with Gasteiger partial charge < -0.3 is 15.4 Å². The topological polar surface area (TPSA) is 50.4 Å². The molecule has 0 aliphatic carbocycles. The molecule has 1 amide bonds. The van der Waals surface area contributed by atoms with Crippen LogP contribution in [-0.4, -0.2) is 37.7 Å². The van der Waals surface area contributed by atoms with Crippen molar-refractivity contribution in [1.29, 1.82) is 0 Å². The summed E-state index contributed by atoms with van der Waals surface area (Å²) in [6, 6.07) is 0. The molecule has 0 radical (unpaired) electrons. The molecule has 2 aliphatic rings. The zero-order valence-electron chi connectivity index (χ0n) is 10.00. The van der Waals surface area contributed by atoms with Crippen molar-refractivity contribution in [1.82, 2.24) is 10.6 Å². The maximum absolute atomic E-state index is 11.8. The Labute approximate surface area is 97.1 Å². The second kappa shape index (κ2) is 5.64. The van der Waals surface area contributed by atoms with Crippen LogP contribution in [-0.2, 0) is 9.53 Å². The molecule has 0 aromatic carbocycles. The Morgan fingerprint density at radius 1 is 1.44 bits per heavy atom. The Hall–Kier alpha value is -0.610. The molecule has 4 nitrogen and oxygen atoms in total. The highest BCUT2D eigenvalue weighted by Crippen LogP contribution is 2.19. The van der Waals surface area contributed by atoms with Crippen LogP contribution in [0, 0.1) is 5.92 Å². The maximum Gasteiger partial charge on any atom is 0.249 e. The van der Waals surface area contributed by atoms with Crippen LogP contribution in [0.15, 0.2) is 0 Å². The fraction of sp³-hybridized carbons (Fsp3) is 0.917. The molecule has 2 heterocycles. The molecule has 2 aliphatic heterocycles. The molecule has 16 heavy (non-hydrogen) atoms. The average molecular weight is 226 g/mol. The summed E-state index contributed by atoms with van der Waals surface area (Å²) in [5.41, 5.74) is 0. The number of ether oxygens (including phenoxy) is 1. The van der Waals surface area contributed by atoms with Crippen LogP contribution in [0.4, 0.5) is 0 Å². The number of piperidine rings is 1. The van der Waals surface area contributed by atoms with Gasteiger partial charge in [0.15, 0.2) is 0 Å². The highest BCUT2D eigenvalue weighted by molar-refractivity contribution is 5.81. The molecule has 4 heteroatoms. The average Bonchev–Trinajstić information content (AvgIpc) is 2.74. The largest absolute Gasteiger partial charge is 0.365 e. The monoisotopic (exact) mass is 226 g/mol. The first-order valence-electron chi connectivity index (χ1n) is 6.39. The number of carbonyl (C=O) groups is 1. The van der Waals surface area contributed by atoms with E-state index in [4.69, 9.17) is 4.74 Å². The minimum absolute atomic E-state index is 0.0786. The molecule has 3 atom stereocenters. The molecule has 0 bridgehead atoms. The fourth-order valence-corrected chi connectivity index (χ4v) is 2.45. The highest BCUT2D eigenvalue weighted by atomic mass is 16.5. The summed E-state index contributed by atoms with van der Waals surface area (Å²) >= 11 is 0. The molecule has 2 rings (SSSR count). The molecule has 92 valence electrons. The predicted octanol–water partition coefficient (Wildman–Crippen LogP) is 0.670. The molecule has 0 saturated carbocycles. The molecule has 0 aromatic rings. The van der Waals surface area contributed by atoms with Gasteiger partial charge in [0.1, 0.15) is 6.10 Å². The lowest BCUT2D eigenvalue weighted by Crippen LogP contribution is -2.41. The number of rotatable bonds is 3. The van der Waals surface area contributed by atoms with Crippen molar-refractivity contribution in [3.63, 3.8) is 0 Å². The van der Waals surface area contributed by atoms with Crippen molar-refractivity contribution in [2.75, 3.05) is 19.6 Å². The van der Waals surface area contributed by atoms with Crippen molar-refractivity contribution >= 4 is 5.91 Å². The SMILES string of the molecule is CC1CCC(C(=O)NCC2CCCNC2)O1. The zero-order chi connectivity index (χ0) is 11.4. The zero-order valence-corrected chi connectivity index (χ0v) is 10.00. The van der Waals surface area contributed by atoms with Crippen LogP contribution < -0.4 is 10.6 Å². The van der Waals surface area contributed by atoms with Crippen LogP contribution in [0.2, 0.25) is 0 Å². The van der Waals surface area contributed by atoms with E-state index in [2.05, 4.69) is 10.6 Å². The van der Waals surface area contributed by atoms with E-state index in [1.54, 1.807) is 0 Å². The summed E-state index contributed by atoms with van der Waals surface area (Å²) < 4.78 is 5.54. The smallest absolute Gasteiger partial charge is 0.249 e. The van der Waals surface area contributed by atoms with Crippen LogP contribution >= 0.6 is 0 Å². The lowest BCUT2D eigenvalue weighted by atomic mass is 10.00. The van der Waals surface area contributed by atoms with Crippen molar-refractivity contribution in [3.8, 4) is 0 Å². The van der Waals surface area contributed by atoms with Crippen molar-refractivity contribution in [2.45, 2.75) is 44.8 Å². The predicted molar refractivity (Wildman–Crippen MR) is 62.2 cm³/mol. The second-order valence-corrected chi connectivity index (χ2v) is 4.97. The Balaban J connectivity index is 1.67. The van der Waals surface area contributed by atoms with Gasteiger partial charge in [-0.25, -0.2) is 0 Å². The minimum Gasteiger partial charge on any atom is -0.365 e. The first-order chi connectivity index (χ1) is 7.75. The minimum atomic E-state index is -0.202. The molecule has 2 N–H and O–H groups in total. The van der Waals surface area contributed by atoms with Gasteiger partial charge in [0.05, 0.1) is 6.10 Å². The number of amides is 1. The second-order valence-electron chi connectivity index (χ2n) is 4.97. The third-order valence-corrected chi connectivity index (χ3v) is 3.49. The number of nitrogens with one attached hydrogen (secondary N) is 2. The normalized spacial score (nSPS) is 34.9. The van der Waals surface area contributed by atoms with Gasteiger partial charge in [-0.3, -0.25) is 4.79 Å². The lowest BCUT2D eigenvalue weighted by molar-refractivity contribution is -0.131. The Morgan fingerprint density at radius 2 is 2.31 bits per heavy atom. The van der Waals surface area contributed by atoms with E-state index >= 15 is 0 Å². The van der Waals surface area contributed by atoms with E-state index in [0.29, 0.717) is 5.92 Å². The van der Waals surface area contributed by atoms with Gasteiger partial charge in [0.25, 0.3) is 0 Å². The standard InChI is InChI=1S/C12H22N2O2/c1-9-4-5-11(16-9)12(15)14-8-10-3-2-6-13-7-10/h9-11,13H,2-8H2,1H3,(H,14,15). The summed E-state index contributed by atoms with van der Waals surface area (Å²) in [5, 5.41) is 6.36. The van der Waals surface area contributed by atoms with E-state index in [1.807, 2.05) is 6.92 Å². The molecule has 2 fully saturated rings. The molecular formula is C12H22N2O2. The maximum atomic E-state index is 11.8. The van der Waals surface area contributed by atoms with Crippen molar-refractivity contribution in [3.05, 3.63) is 0 Å². The van der Waals surface area contributed by atoms with Crippen LogP contribution in [0.25, 0.3) is 0 Å². The number of carbonyl (C=O) groups excluding carboxylic acids is 1. The van der Waals surface area contributed by atoms with E-state index in [9.17, 15) is 4.79 Å². The summed E-state index contributed by atoms with van der Waals surface area (Å²) in [4.78, 5) is 11.8. The third kappa shape index (κ3) is 3.19. The fourth-order valence-electron chi connectivity index (χ4n) is 2.45. The van der Waals surface area contributed by atoms with Gasteiger partial charge in [0.2, 0.25) is 5.91 Å². The van der Waals surface area contributed by atoms with Crippen LogP contribution in [0.1, 0.15) is 32.6 Å². The Bertz CT molecular complexity index is 239. The quantitative estimate of drug-likeness (QED) is 0.743. The first-order valence-corrected chi connectivity index (χ1v) is 6.39. The van der Waals surface area contributed by atoms with E-state index < -0.39 is 0 Å². The van der Waals surface area contributed by atoms with Crippen molar-refractivity contribution in [2.24, 2.45) is 5.92 Å². The summed E-state index contributed by atoms with van der Waals surface area (Å²) in [6.45, 7) is 4.97. The van der Waals surface area contributed by atoms with Crippen molar-refractivity contribution < 1.29 is 9.53 Å². The number of hydrogen-bond donors (Lipinski definition) is 2. The van der Waals surface area contributed by atoms with Gasteiger partial charge in [-0.05, 0) is 51.6 Å². The van der Waals surface area contributed by atoms with Gasteiger partial charge in [-0.15, -0.1) is 0 Å². The van der Waals surface area contributed by atoms with Gasteiger partial charge in [0, 0.05) is 6.54 Å². The third-order valence-electron chi connectivity index (χ3n) is 3.49. The number of hydrogen-bond acceptors (Lipinski definition) is 3. The van der Waals surface area contributed by atoms with Gasteiger partial charge >= 0.3 is 0 Å². The van der Waals surface area contributed by atoms with Crippen LogP contribution in [0.3, 0.4) is 0 Å². The highest BCUT2D eigenvalue weighted by Gasteiger charge is 2.28. The van der Waals surface area contributed by atoms with Crippen LogP contribution in [0.5, 0.6) is 0 Å². The van der Waals surface area contributed by atoms with Gasteiger partial charge in [-0.1, -0.05) is 0 Å². The molecule has 0 spiro atoms. The van der Waals surface area contributed by atoms with E-state index in [0.717, 1.165) is 32.5 Å². The Kier molecular flexibility index (Phi) is 4.18. The molecule has 3 unspecified atom stereocenters. The van der Waals surface area contributed by atoms with Gasteiger partial charge in [-0.2, -0.15) is 0 Å². The molecule has 2 saturated heterocycles. The summed E-state index contributed by atoms with van der Waals surface area (Å²) in [7, 11) is 0. The summed E-state index contributed by atoms with van der Waals surface area (Å²) in [6.07, 6.45) is 4.35. The first kappa shape index (κ1) is 11.9. The molecular weight excluding hydrogens is 204 g/mol. The lowest BCUT2D eigenvalue weighted by Gasteiger charge is -2.23. The molecule has 0 aromatic heterocycles. The summed E-state index contributed by atoms with van der Waals surface area (Å²) in [5.74, 6) is 0.673. The van der Waals surface area contributed by atoms with E-state index in [1.165, 1.54) is 12.8 Å².